The summed E-state index contributed by atoms with van der Waals surface area (Å²) in [6, 6.07) is 27.7. The minimum Gasteiger partial charge on any atom is -0.493 e. The van der Waals surface area contributed by atoms with Gasteiger partial charge in [0.25, 0.3) is 5.56 Å². The number of hydrogen-bond donors (Lipinski definition) is 1. The SMILES string of the molecule is COc1cc(-c2nc3sc(-c4ccccc4)cc3c(=O)[nH]2)ccc1OCCc1ccccc1. The highest BCUT2D eigenvalue weighted by Crippen LogP contribution is 2.34. The second kappa shape index (κ2) is 9.30. The smallest absolute Gasteiger partial charge is 0.259 e. The molecule has 0 aliphatic carbocycles. The first-order valence-corrected chi connectivity index (χ1v) is 11.5. The molecule has 2 aromatic heterocycles. The zero-order valence-corrected chi connectivity index (χ0v) is 18.9. The van der Waals surface area contributed by atoms with Crippen LogP contribution in [0.4, 0.5) is 0 Å². The molecule has 1 N–H and O–H groups in total. The Balaban J connectivity index is 1.41. The van der Waals surface area contributed by atoms with Crippen LogP contribution < -0.4 is 15.0 Å². The van der Waals surface area contributed by atoms with Crippen LogP contribution in [0.25, 0.3) is 32.0 Å². The van der Waals surface area contributed by atoms with Crippen molar-refractivity contribution in [2.24, 2.45) is 0 Å². The molecule has 2 heterocycles. The number of benzene rings is 3. The molecule has 6 heteroatoms. The molecule has 0 aliphatic rings. The Labute approximate surface area is 195 Å². The number of nitrogens with zero attached hydrogens (tertiary/aromatic N) is 1. The fraction of sp³-hybridized carbons (Fsp3) is 0.111. The Morgan fingerprint density at radius 2 is 1.64 bits per heavy atom. The maximum absolute atomic E-state index is 12.8. The summed E-state index contributed by atoms with van der Waals surface area (Å²) >= 11 is 1.51. The van der Waals surface area contributed by atoms with Gasteiger partial charge in [-0.1, -0.05) is 60.7 Å². The predicted molar refractivity (Wildman–Crippen MR) is 133 cm³/mol. The van der Waals surface area contributed by atoms with Gasteiger partial charge in [0, 0.05) is 16.9 Å². The summed E-state index contributed by atoms with van der Waals surface area (Å²) in [5.41, 5.74) is 2.89. The molecule has 0 saturated heterocycles. The third-order valence-corrected chi connectivity index (χ3v) is 6.47. The third kappa shape index (κ3) is 4.52. The Morgan fingerprint density at radius 3 is 2.39 bits per heavy atom. The maximum Gasteiger partial charge on any atom is 0.259 e. The molecule has 5 rings (SSSR count). The van der Waals surface area contributed by atoms with Gasteiger partial charge in [0.2, 0.25) is 0 Å². The zero-order valence-electron chi connectivity index (χ0n) is 18.1. The van der Waals surface area contributed by atoms with Gasteiger partial charge in [-0.05, 0) is 35.4 Å². The van der Waals surface area contributed by atoms with Gasteiger partial charge in [-0.25, -0.2) is 4.98 Å². The van der Waals surface area contributed by atoms with Crippen molar-refractivity contribution in [3.8, 4) is 33.3 Å². The Bertz CT molecular complexity index is 1440. The molecule has 0 saturated carbocycles. The highest BCUT2D eigenvalue weighted by molar-refractivity contribution is 7.21. The first-order chi connectivity index (χ1) is 16.2. The van der Waals surface area contributed by atoms with Crippen LogP contribution in [-0.2, 0) is 6.42 Å². The summed E-state index contributed by atoms with van der Waals surface area (Å²) in [4.78, 5) is 22.1. The summed E-state index contributed by atoms with van der Waals surface area (Å²) < 4.78 is 11.5. The van der Waals surface area contributed by atoms with E-state index in [0.717, 1.165) is 22.4 Å². The summed E-state index contributed by atoms with van der Waals surface area (Å²) in [5.74, 6) is 1.76. The molecule has 0 spiro atoms. The van der Waals surface area contributed by atoms with Gasteiger partial charge >= 0.3 is 0 Å². The van der Waals surface area contributed by atoms with Gasteiger partial charge in [-0.15, -0.1) is 11.3 Å². The second-order valence-electron chi connectivity index (χ2n) is 7.56. The molecular formula is C27H22N2O3S. The molecule has 0 fully saturated rings. The molecule has 164 valence electrons. The highest BCUT2D eigenvalue weighted by atomic mass is 32.1. The van der Waals surface area contributed by atoms with Crippen molar-refractivity contribution in [3.05, 3.63) is 101 Å². The van der Waals surface area contributed by atoms with E-state index >= 15 is 0 Å². The lowest BCUT2D eigenvalue weighted by Gasteiger charge is -2.12. The van der Waals surface area contributed by atoms with E-state index in [1.807, 2.05) is 72.8 Å². The van der Waals surface area contributed by atoms with Crippen LogP contribution in [0.1, 0.15) is 5.56 Å². The topological polar surface area (TPSA) is 64.2 Å². The van der Waals surface area contributed by atoms with Crippen LogP contribution in [0.5, 0.6) is 11.5 Å². The summed E-state index contributed by atoms with van der Waals surface area (Å²) in [7, 11) is 1.61. The average Bonchev–Trinajstić information content (AvgIpc) is 3.30. The molecule has 5 aromatic rings. The number of methoxy groups -OCH3 is 1. The summed E-state index contributed by atoms with van der Waals surface area (Å²) in [6.07, 6.45) is 0.805. The molecular weight excluding hydrogens is 432 g/mol. The molecule has 0 unspecified atom stereocenters. The highest BCUT2D eigenvalue weighted by Gasteiger charge is 2.13. The number of H-pyrrole nitrogens is 1. The quantitative estimate of drug-likeness (QED) is 0.330. The van der Waals surface area contributed by atoms with E-state index in [-0.39, 0.29) is 5.56 Å². The van der Waals surface area contributed by atoms with Crippen molar-refractivity contribution < 1.29 is 9.47 Å². The molecule has 0 atom stereocenters. The Hall–Kier alpha value is -3.90. The summed E-state index contributed by atoms with van der Waals surface area (Å²) in [5, 5.41) is 0.593. The maximum atomic E-state index is 12.8. The van der Waals surface area contributed by atoms with Gasteiger partial charge in [0.1, 0.15) is 10.7 Å². The first kappa shape index (κ1) is 21.0. The van der Waals surface area contributed by atoms with Crippen molar-refractivity contribution >= 4 is 21.6 Å². The van der Waals surface area contributed by atoms with Gasteiger partial charge in [-0.3, -0.25) is 4.79 Å². The number of hydrogen-bond acceptors (Lipinski definition) is 5. The normalized spacial score (nSPS) is 10.9. The molecule has 3 aromatic carbocycles. The van der Waals surface area contributed by atoms with Gasteiger partial charge < -0.3 is 14.5 Å². The van der Waals surface area contributed by atoms with E-state index < -0.39 is 0 Å². The average molecular weight is 455 g/mol. The van der Waals surface area contributed by atoms with Crippen LogP contribution in [-0.4, -0.2) is 23.7 Å². The number of thiophene rings is 1. The zero-order chi connectivity index (χ0) is 22.6. The number of rotatable bonds is 7. The largest absolute Gasteiger partial charge is 0.493 e. The Morgan fingerprint density at radius 1 is 0.879 bits per heavy atom. The van der Waals surface area contributed by atoms with E-state index in [1.54, 1.807) is 7.11 Å². The monoisotopic (exact) mass is 454 g/mol. The predicted octanol–water partition coefficient (Wildman–Crippen LogP) is 5.95. The third-order valence-electron chi connectivity index (χ3n) is 5.39. The van der Waals surface area contributed by atoms with Gasteiger partial charge in [-0.2, -0.15) is 0 Å². The second-order valence-corrected chi connectivity index (χ2v) is 8.59. The molecule has 0 aliphatic heterocycles. The van der Waals surface area contributed by atoms with Crippen molar-refractivity contribution in [1.29, 1.82) is 0 Å². The number of nitrogens with one attached hydrogen (secondary N) is 1. The van der Waals surface area contributed by atoms with Crippen LogP contribution in [0, 0.1) is 0 Å². The van der Waals surface area contributed by atoms with E-state index in [0.29, 0.717) is 34.1 Å². The lowest BCUT2D eigenvalue weighted by molar-refractivity contribution is 0.298. The van der Waals surface area contributed by atoms with E-state index in [2.05, 4.69) is 17.1 Å². The lowest BCUT2D eigenvalue weighted by atomic mass is 10.1. The van der Waals surface area contributed by atoms with E-state index in [4.69, 9.17) is 14.5 Å². The van der Waals surface area contributed by atoms with Gasteiger partial charge in [0.05, 0.1) is 19.1 Å². The van der Waals surface area contributed by atoms with Crippen molar-refractivity contribution in [1.82, 2.24) is 9.97 Å². The van der Waals surface area contributed by atoms with Crippen LogP contribution in [0.2, 0.25) is 0 Å². The fourth-order valence-corrected chi connectivity index (χ4v) is 4.71. The first-order valence-electron chi connectivity index (χ1n) is 10.7. The van der Waals surface area contributed by atoms with Gasteiger partial charge in [0.15, 0.2) is 11.5 Å². The van der Waals surface area contributed by atoms with Crippen molar-refractivity contribution in [2.45, 2.75) is 6.42 Å². The minimum absolute atomic E-state index is 0.157. The fourth-order valence-electron chi connectivity index (χ4n) is 3.67. The minimum atomic E-state index is -0.157. The number of fused-ring (bicyclic) bond motifs is 1. The summed E-state index contributed by atoms with van der Waals surface area (Å²) in [6.45, 7) is 0.540. The number of aromatic amines is 1. The standard InChI is InChI=1S/C27H22N2O3S/c1-31-23-16-20(12-13-22(23)32-15-14-18-8-4-2-5-9-18)25-28-26(30)21-17-24(33-27(21)29-25)19-10-6-3-7-11-19/h2-13,16-17H,14-15H2,1H3,(H,28,29,30). The van der Waals surface area contributed by atoms with Crippen LogP contribution in [0.3, 0.4) is 0 Å². The number of ether oxygens (including phenoxy) is 2. The number of aromatic nitrogens is 2. The lowest BCUT2D eigenvalue weighted by Crippen LogP contribution is -2.08. The van der Waals surface area contributed by atoms with E-state index in [9.17, 15) is 4.79 Å². The molecule has 0 radical (unpaired) electrons. The van der Waals surface area contributed by atoms with Crippen LogP contribution >= 0.6 is 11.3 Å². The van der Waals surface area contributed by atoms with E-state index in [1.165, 1.54) is 16.9 Å². The molecule has 33 heavy (non-hydrogen) atoms. The van der Waals surface area contributed by atoms with Crippen LogP contribution in [0.15, 0.2) is 89.7 Å². The van der Waals surface area contributed by atoms with Crippen molar-refractivity contribution in [2.75, 3.05) is 13.7 Å². The van der Waals surface area contributed by atoms with Crippen molar-refractivity contribution in [3.63, 3.8) is 0 Å². The molecule has 0 amide bonds. The Kier molecular flexibility index (Phi) is 5.91. The molecule has 5 nitrogen and oxygen atoms in total. The molecule has 0 bridgehead atoms.